The largest absolute Gasteiger partial charge is 0.378 e. The van der Waals surface area contributed by atoms with Crippen LogP contribution in [-0.2, 0) is 0 Å². The van der Waals surface area contributed by atoms with Gasteiger partial charge in [-0.2, -0.15) is 8.75 Å². The number of aromatic nitrogens is 2. The molecule has 0 atom stereocenters. The summed E-state index contributed by atoms with van der Waals surface area (Å²) in [6, 6.07) is 6.08. The molecule has 1 aromatic heterocycles. The highest BCUT2D eigenvalue weighted by molar-refractivity contribution is 7.00. The monoisotopic (exact) mass is 179 g/mol. The topological polar surface area (TPSA) is 29.0 Å². The first-order chi connectivity index (χ1) is 5.77. The third kappa shape index (κ3) is 1.14. The Morgan fingerprint density at radius 2 is 1.92 bits per heavy atom. The van der Waals surface area contributed by atoms with Gasteiger partial charge in [0, 0.05) is 19.8 Å². The number of hydrogen-bond acceptors (Lipinski definition) is 4. The second-order valence-corrected chi connectivity index (χ2v) is 3.36. The summed E-state index contributed by atoms with van der Waals surface area (Å²) >= 11 is 1.25. The van der Waals surface area contributed by atoms with Crippen molar-refractivity contribution in [2.75, 3.05) is 19.0 Å². The summed E-state index contributed by atoms with van der Waals surface area (Å²) in [4.78, 5) is 2.05. The average Bonchev–Trinajstić information content (AvgIpc) is 2.49. The molecule has 0 saturated carbocycles. The van der Waals surface area contributed by atoms with Gasteiger partial charge in [0.1, 0.15) is 11.0 Å². The molecule has 0 aliphatic rings. The molecule has 12 heavy (non-hydrogen) atoms. The van der Waals surface area contributed by atoms with E-state index in [2.05, 4.69) is 13.6 Å². The van der Waals surface area contributed by atoms with Gasteiger partial charge in [0.2, 0.25) is 0 Å². The maximum Gasteiger partial charge on any atom is 0.106 e. The van der Waals surface area contributed by atoms with E-state index < -0.39 is 0 Å². The minimum Gasteiger partial charge on any atom is -0.378 e. The van der Waals surface area contributed by atoms with Crippen LogP contribution in [0.2, 0.25) is 0 Å². The summed E-state index contributed by atoms with van der Waals surface area (Å²) in [6.45, 7) is 0. The normalized spacial score (nSPS) is 10.5. The molecule has 0 fully saturated rings. The summed E-state index contributed by atoms with van der Waals surface area (Å²) in [5.74, 6) is 0. The average molecular weight is 179 g/mol. The molecule has 0 spiro atoms. The Balaban J connectivity index is 2.60. The minimum absolute atomic E-state index is 0.977. The van der Waals surface area contributed by atoms with Crippen molar-refractivity contribution in [1.29, 1.82) is 0 Å². The lowest BCUT2D eigenvalue weighted by molar-refractivity contribution is 1.13. The predicted octanol–water partition coefficient (Wildman–Crippen LogP) is 1.76. The van der Waals surface area contributed by atoms with Crippen molar-refractivity contribution in [2.24, 2.45) is 0 Å². The van der Waals surface area contributed by atoms with Crippen LogP contribution in [0.3, 0.4) is 0 Å². The molecule has 0 aliphatic heterocycles. The fourth-order valence-electron chi connectivity index (χ4n) is 1.05. The van der Waals surface area contributed by atoms with E-state index in [1.54, 1.807) is 0 Å². The van der Waals surface area contributed by atoms with Crippen molar-refractivity contribution < 1.29 is 0 Å². The van der Waals surface area contributed by atoms with Gasteiger partial charge in [-0.05, 0) is 18.2 Å². The molecule has 0 amide bonds. The van der Waals surface area contributed by atoms with Crippen molar-refractivity contribution in [3.05, 3.63) is 18.2 Å². The molecular formula is C8H9N3S. The molecule has 1 heterocycles. The zero-order valence-corrected chi connectivity index (χ0v) is 7.80. The van der Waals surface area contributed by atoms with Crippen LogP contribution in [-0.4, -0.2) is 22.8 Å². The number of rotatable bonds is 1. The van der Waals surface area contributed by atoms with E-state index in [1.807, 2.05) is 32.3 Å². The van der Waals surface area contributed by atoms with Crippen molar-refractivity contribution in [2.45, 2.75) is 0 Å². The zero-order chi connectivity index (χ0) is 8.55. The maximum absolute atomic E-state index is 4.17. The highest BCUT2D eigenvalue weighted by atomic mass is 32.1. The molecule has 0 unspecified atom stereocenters. The number of anilines is 1. The lowest BCUT2D eigenvalue weighted by Gasteiger charge is -2.10. The molecule has 62 valence electrons. The van der Waals surface area contributed by atoms with Gasteiger partial charge >= 0.3 is 0 Å². The molecule has 3 nitrogen and oxygen atoms in total. The van der Waals surface area contributed by atoms with E-state index in [-0.39, 0.29) is 0 Å². The smallest absolute Gasteiger partial charge is 0.106 e. The maximum atomic E-state index is 4.17. The quantitative estimate of drug-likeness (QED) is 0.668. The van der Waals surface area contributed by atoms with Gasteiger partial charge in [-0.25, -0.2) is 0 Å². The van der Waals surface area contributed by atoms with Gasteiger partial charge in [-0.15, -0.1) is 0 Å². The summed E-state index contributed by atoms with van der Waals surface area (Å²) in [5, 5.41) is 0. The van der Waals surface area contributed by atoms with Crippen LogP contribution in [0.4, 0.5) is 5.69 Å². The number of benzene rings is 1. The standard InChI is InChI=1S/C8H9N3S/c1-11(2)6-3-4-7-8(5-6)10-12-9-7/h3-5H,1-2H3. The van der Waals surface area contributed by atoms with Crippen LogP contribution in [0, 0.1) is 0 Å². The Labute approximate surface area is 75.0 Å². The lowest BCUT2D eigenvalue weighted by atomic mass is 10.2. The number of nitrogens with zero attached hydrogens (tertiary/aromatic N) is 3. The van der Waals surface area contributed by atoms with E-state index in [0.29, 0.717) is 0 Å². The molecule has 2 aromatic rings. The molecule has 0 aliphatic carbocycles. The Bertz CT molecular complexity index is 394. The highest BCUT2D eigenvalue weighted by Crippen LogP contribution is 2.18. The van der Waals surface area contributed by atoms with Crippen LogP contribution in [0.1, 0.15) is 0 Å². The Morgan fingerprint density at radius 1 is 1.17 bits per heavy atom. The third-order valence-corrected chi connectivity index (χ3v) is 2.31. The Kier molecular flexibility index (Phi) is 1.69. The van der Waals surface area contributed by atoms with Crippen LogP contribution in [0.15, 0.2) is 18.2 Å². The molecule has 4 heteroatoms. The fraction of sp³-hybridized carbons (Fsp3) is 0.250. The first kappa shape index (κ1) is 7.49. The highest BCUT2D eigenvalue weighted by Gasteiger charge is 2.00. The van der Waals surface area contributed by atoms with E-state index in [1.165, 1.54) is 11.7 Å². The summed E-state index contributed by atoms with van der Waals surface area (Å²) < 4.78 is 8.30. The molecular weight excluding hydrogens is 170 g/mol. The summed E-state index contributed by atoms with van der Waals surface area (Å²) in [6.07, 6.45) is 0. The van der Waals surface area contributed by atoms with Gasteiger partial charge in [0.25, 0.3) is 0 Å². The molecule has 0 N–H and O–H groups in total. The van der Waals surface area contributed by atoms with Gasteiger partial charge in [0.05, 0.1) is 11.7 Å². The Morgan fingerprint density at radius 3 is 2.67 bits per heavy atom. The third-order valence-electron chi connectivity index (χ3n) is 1.75. The van der Waals surface area contributed by atoms with Gasteiger partial charge in [0.15, 0.2) is 0 Å². The van der Waals surface area contributed by atoms with Crippen LogP contribution in [0.25, 0.3) is 11.0 Å². The van der Waals surface area contributed by atoms with E-state index in [0.717, 1.165) is 16.7 Å². The summed E-state index contributed by atoms with van der Waals surface area (Å²) in [5.41, 5.74) is 3.12. The second-order valence-electron chi connectivity index (χ2n) is 2.83. The summed E-state index contributed by atoms with van der Waals surface area (Å²) in [7, 11) is 4.03. The van der Waals surface area contributed by atoms with Gasteiger partial charge in [-0.3, -0.25) is 0 Å². The first-order valence-electron chi connectivity index (χ1n) is 3.67. The van der Waals surface area contributed by atoms with Crippen LogP contribution < -0.4 is 4.90 Å². The van der Waals surface area contributed by atoms with Crippen LogP contribution in [0.5, 0.6) is 0 Å². The van der Waals surface area contributed by atoms with E-state index >= 15 is 0 Å². The lowest BCUT2D eigenvalue weighted by Crippen LogP contribution is -2.07. The second kappa shape index (κ2) is 2.71. The van der Waals surface area contributed by atoms with Crippen molar-refractivity contribution in [1.82, 2.24) is 8.75 Å². The predicted molar refractivity (Wildman–Crippen MR) is 51.7 cm³/mol. The van der Waals surface area contributed by atoms with E-state index in [4.69, 9.17) is 0 Å². The number of fused-ring (bicyclic) bond motifs is 1. The number of hydrogen-bond donors (Lipinski definition) is 0. The van der Waals surface area contributed by atoms with Crippen molar-refractivity contribution in [3.63, 3.8) is 0 Å². The zero-order valence-electron chi connectivity index (χ0n) is 6.98. The van der Waals surface area contributed by atoms with Crippen molar-refractivity contribution in [3.8, 4) is 0 Å². The van der Waals surface area contributed by atoms with Gasteiger partial charge in [-0.1, -0.05) is 0 Å². The molecule has 0 radical (unpaired) electrons. The van der Waals surface area contributed by atoms with Crippen LogP contribution >= 0.6 is 11.7 Å². The molecule has 0 saturated heterocycles. The SMILES string of the molecule is CN(C)c1ccc2nsnc2c1. The minimum atomic E-state index is 0.977. The Hall–Kier alpha value is -1.16. The molecule has 2 rings (SSSR count). The molecule has 1 aromatic carbocycles. The first-order valence-corrected chi connectivity index (χ1v) is 4.40. The van der Waals surface area contributed by atoms with E-state index in [9.17, 15) is 0 Å². The van der Waals surface area contributed by atoms with Crippen molar-refractivity contribution >= 4 is 28.4 Å². The van der Waals surface area contributed by atoms with Gasteiger partial charge < -0.3 is 4.90 Å². The molecule has 0 bridgehead atoms. The fourth-order valence-corrected chi connectivity index (χ4v) is 1.57.